The van der Waals surface area contributed by atoms with Crippen molar-refractivity contribution in [3.05, 3.63) is 35.4 Å². The summed E-state index contributed by atoms with van der Waals surface area (Å²) in [7, 11) is 2.31. The van der Waals surface area contributed by atoms with Crippen molar-refractivity contribution in [3.8, 4) is 0 Å². The Morgan fingerprint density at radius 2 is 2.06 bits per heavy atom. The highest BCUT2D eigenvalue weighted by Crippen LogP contribution is 2.40. The van der Waals surface area contributed by atoms with E-state index in [-0.39, 0.29) is 6.10 Å². The molecule has 0 aliphatic carbocycles. The average molecular weight is 218 g/mol. The van der Waals surface area contributed by atoms with Gasteiger partial charge in [-0.2, -0.15) is 0 Å². The van der Waals surface area contributed by atoms with E-state index in [1.165, 1.54) is 36.9 Å². The molecular weight excluding hydrogens is 198 g/mol. The SMILES string of the molecule is C[N@@+]12CCCC[C@H]1[C@H](O)c1ccccc1C2. The fourth-order valence-electron chi connectivity index (χ4n) is 3.56. The average Bonchev–Trinajstić information content (AvgIpc) is 2.28. The van der Waals surface area contributed by atoms with Gasteiger partial charge >= 0.3 is 0 Å². The van der Waals surface area contributed by atoms with Crippen LogP contribution in [0, 0.1) is 0 Å². The van der Waals surface area contributed by atoms with Gasteiger partial charge in [-0.1, -0.05) is 24.3 Å². The maximum Gasteiger partial charge on any atom is 0.131 e. The van der Waals surface area contributed by atoms with E-state index in [2.05, 4.69) is 25.2 Å². The van der Waals surface area contributed by atoms with Gasteiger partial charge in [0.15, 0.2) is 0 Å². The number of hydrogen-bond donors (Lipinski definition) is 1. The minimum atomic E-state index is -0.254. The number of nitrogens with zero attached hydrogens (tertiary/aromatic N) is 1. The van der Waals surface area contributed by atoms with E-state index in [0.29, 0.717) is 6.04 Å². The molecule has 16 heavy (non-hydrogen) atoms. The molecule has 0 bridgehead atoms. The summed E-state index contributed by atoms with van der Waals surface area (Å²) in [5.74, 6) is 0. The molecule has 2 heteroatoms. The van der Waals surface area contributed by atoms with Gasteiger partial charge in [-0.05, 0) is 18.4 Å². The van der Waals surface area contributed by atoms with E-state index in [1.54, 1.807) is 0 Å². The minimum absolute atomic E-state index is 0.254. The maximum atomic E-state index is 10.5. The zero-order valence-electron chi connectivity index (χ0n) is 9.89. The van der Waals surface area contributed by atoms with Gasteiger partial charge in [-0.25, -0.2) is 0 Å². The van der Waals surface area contributed by atoms with Crippen molar-refractivity contribution in [1.82, 2.24) is 0 Å². The van der Waals surface area contributed by atoms with Crippen LogP contribution in [0.25, 0.3) is 0 Å². The van der Waals surface area contributed by atoms with Gasteiger partial charge < -0.3 is 9.59 Å². The third-order valence-electron chi connectivity index (χ3n) is 4.49. The molecule has 0 saturated carbocycles. The Hall–Kier alpha value is -0.860. The van der Waals surface area contributed by atoms with Crippen LogP contribution in [0.4, 0.5) is 0 Å². The second-order valence-corrected chi connectivity index (χ2v) is 5.57. The van der Waals surface area contributed by atoms with Crippen molar-refractivity contribution in [3.63, 3.8) is 0 Å². The smallest absolute Gasteiger partial charge is 0.131 e. The van der Waals surface area contributed by atoms with Crippen LogP contribution < -0.4 is 0 Å². The molecule has 3 rings (SSSR count). The lowest BCUT2D eigenvalue weighted by Crippen LogP contribution is -2.59. The predicted octanol–water partition coefficient (Wildman–Crippen LogP) is 2.23. The summed E-state index contributed by atoms with van der Waals surface area (Å²) in [6.07, 6.45) is 3.50. The highest BCUT2D eigenvalue weighted by Gasteiger charge is 2.45. The quantitative estimate of drug-likeness (QED) is 0.662. The monoisotopic (exact) mass is 218 g/mol. The van der Waals surface area contributed by atoms with Crippen molar-refractivity contribution in [2.24, 2.45) is 0 Å². The third-order valence-corrected chi connectivity index (χ3v) is 4.49. The summed E-state index contributed by atoms with van der Waals surface area (Å²) in [6, 6.07) is 8.82. The Morgan fingerprint density at radius 3 is 2.94 bits per heavy atom. The molecule has 2 nitrogen and oxygen atoms in total. The van der Waals surface area contributed by atoms with Crippen LogP contribution >= 0.6 is 0 Å². The first-order valence-electron chi connectivity index (χ1n) is 6.31. The molecule has 3 atom stereocenters. The number of quaternary nitrogens is 1. The largest absolute Gasteiger partial charge is 0.382 e. The van der Waals surface area contributed by atoms with Crippen molar-refractivity contribution >= 4 is 0 Å². The van der Waals surface area contributed by atoms with Gasteiger partial charge in [0.1, 0.15) is 18.7 Å². The molecule has 1 N–H and O–H groups in total. The number of fused-ring (bicyclic) bond motifs is 2. The number of benzene rings is 1. The zero-order chi connectivity index (χ0) is 11.2. The van der Waals surface area contributed by atoms with Gasteiger partial charge in [0.05, 0.1) is 13.6 Å². The molecule has 1 aromatic rings. The molecule has 2 aliphatic heterocycles. The number of piperidine rings is 1. The van der Waals surface area contributed by atoms with E-state index in [0.717, 1.165) is 11.0 Å². The molecule has 0 unspecified atom stereocenters. The van der Waals surface area contributed by atoms with E-state index in [1.807, 2.05) is 6.07 Å². The Kier molecular flexibility index (Phi) is 2.30. The van der Waals surface area contributed by atoms with Crippen molar-refractivity contribution in [1.29, 1.82) is 0 Å². The molecule has 1 saturated heterocycles. The highest BCUT2D eigenvalue weighted by atomic mass is 16.3. The van der Waals surface area contributed by atoms with Gasteiger partial charge in [-0.15, -0.1) is 0 Å². The van der Waals surface area contributed by atoms with E-state index in [9.17, 15) is 5.11 Å². The maximum absolute atomic E-state index is 10.5. The summed E-state index contributed by atoms with van der Waals surface area (Å²) in [6.45, 7) is 2.31. The first-order chi connectivity index (χ1) is 7.71. The molecule has 2 aliphatic rings. The fraction of sp³-hybridized carbons (Fsp3) is 0.571. The van der Waals surface area contributed by atoms with Crippen LogP contribution in [0.1, 0.15) is 36.5 Å². The molecule has 0 aromatic heterocycles. The van der Waals surface area contributed by atoms with Crippen molar-refractivity contribution in [2.45, 2.75) is 38.0 Å². The van der Waals surface area contributed by atoms with E-state index in [4.69, 9.17) is 0 Å². The molecule has 0 spiro atoms. The Bertz CT molecular complexity index is 403. The Labute approximate surface area is 97.1 Å². The Balaban J connectivity index is 2.05. The number of likely N-dealkylation sites (N-methyl/N-ethyl adjacent to an activating group) is 1. The first-order valence-corrected chi connectivity index (χ1v) is 6.31. The summed E-state index contributed by atoms with van der Waals surface area (Å²) in [5.41, 5.74) is 2.51. The van der Waals surface area contributed by atoms with Crippen molar-refractivity contribution in [2.75, 3.05) is 13.6 Å². The van der Waals surface area contributed by atoms with Crippen LogP contribution in [0.2, 0.25) is 0 Å². The van der Waals surface area contributed by atoms with Gasteiger partial charge in [0.2, 0.25) is 0 Å². The summed E-state index contributed by atoms with van der Waals surface area (Å²) in [5, 5.41) is 10.5. The molecule has 1 fully saturated rings. The summed E-state index contributed by atoms with van der Waals surface area (Å²) < 4.78 is 1.04. The van der Waals surface area contributed by atoms with Crippen LogP contribution in [-0.2, 0) is 6.54 Å². The number of aliphatic hydroxyl groups is 1. The lowest BCUT2D eigenvalue weighted by molar-refractivity contribution is -0.957. The molecule has 2 heterocycles. The van der Waals surface area contributed by atoms with Crippen LogP contribution in [0.15, 0.2) is 24.3 Å². The lowest BCUT2D eigenvalue weighted by Gasteiger charge is -2.50. The molecule has 86 valence electrons. The fourth-order valence-corrected chi connectivity index (χ4v) is 3.56. The number of hydrogen-bond acceptors (Lipinski definition) is 1. The topological polar surface area (TPSA) is 20.2 Å². The van der Waals surface area contributed by atoms with Crippen LogP contribution in [0.5, 0.6) is 0 Å². The molecule has 1 aromatic carbocycles. The number of rotatable bonds is 0. The third kappa shape index (κ3) is 1.40. The molecule has 0 amide bonds. The lowest BCUT2D eigenvalue weighted by atomic mass is 9.84. The van der Waals surface area contributed by atoms with E-state index >= 15 is 0 Å². The number of aliphatic hydroxyl groups excluding tert-OH is 1. The second-order valence-electron chi connectivity index (χ2n) is 5.57. The molecule has 0 radical (unpaired) electrons. The first kappa shape index (κ1) is 10.3. The molecular formula is C14H20NO+. The summed E-state index contributed by atoms with van der Waals surface area (Å²) in [4.78, 5) is 0. The standard InChI is InChI=1S/C14H20NO/c1-15-9-5-4-8-13(15)14(16)12-7-3-2-6-11(12)10-15/h2-3,6-7,13-14,16H,4-5,8-10H2,1H3/q+1/t13-,14+,15-/m0/s1. The predicted molar refractivity (Wildman–Crippen MR) is 63.8 cm³/mol. The second kappa shape index (κ2) is 3.57. The Morgan fingerprint density at radius 1 is 1.25 bits per heavy atom. The van der Waals surface area contributed by atoms with Crippen molar-refractivity contribution < 1.29 is 9.59 Å². The van der Waals surface area contributed by atoms with Gasteiger partial charge in [-0.3, -0.25) is 0 Å². The van der Waals surface area contributed by atoms with Crippen LogP contribution in [-0.4, -0.2) is 29.2 Å². The minimum Gasteiger partial charge on any atom is -0.382 e. The highest BCUT2D eigenvalue weighted by molar-refractivity contribution is 5.30. The normalized spacial score (nSPS) is 37.6. The van der Waals surface area contributed by atoms with Gasteiger partial charge in [0.25, 0.3) is 0 Å². The zero-order valence-corrected chi connectivity index (χ0v) is 9.89. The van der Waals surface area contributed by atoms with Gasteiger partial charge in [0, 0.05) is 12.0 Å². The summed E-state index contributed by atoms with van der Waals surface area (Å²) >= 11 is 0. The van der Waals surface area contributed by atoms with Crippen LogP contribution in [0.3, 0.4) is 0 Å². The van der Waals surface area contributed by atoms with E-state index < -0.39 is 0 Å².